The first-order valence-electron chi connectivity index (χ1n) is 7.18. The van der Waals surface area contributed by atoms with Crippen LogP contribution in [0.25, 0.3) is 0 Å². The van der Waals surface area contributed by atoms with Crippen LogP contribution in [0.4, 0.5) is 0 Å². The molecule has 0 fully saturated rings. The molecule has 0 aliphatic rings. The van der Waals surface area contributed by atoms with Crippen molar-refractivity contribution in [1.29, 1.82) is 0 Å². The summed E-state index contributed by atoms with van der Waals surface area (Å²) in [6.07, 6.45) is 5.04. The maximum absolute atomic E-state index is 11.4. The van der Waals surface area contributed by atoms with Gasteiger partial charge in [0.05, 0.1) is 0 Å². The van der Waals surface area contributed by atoms with Gasteiger partial charge in [-0.05, 0) is 18.8 Å². The number of hydrogen-bond donors (Lipinski definition) is 1. The van der Waals surface area contributed by atoms with Gasteiger partial charge < -0.3 is 5.32 Å². The highest BCUT2D eigenvalue weighted by molar-refractivity contribution is 8.76. The molecule has 0 radical (unpaired) electrons. The molecule has 0 aromatic rings. The van der Waals surface area contributed by atoms with Crippen LogP contribution >= 0.6 is 21.6 Å². The number of hydrogen-bond acceptors (Lipinski definition) is 3. The predicted molar refractivity (Wildman–Crippen MR) is 81.5 cm³/mol. The topological polar surface area (TPSA) is 29.1 Å². The van der Waals surface area contributed by atoms with Gasteiger partial charge in [-0.1, -0.05) is 55.2 Å². The number of carbonyl (C=O) groups excluding carboxylic acids is 1. The fourth-order valence-electron chi connectivity index (χ4n) is 1.15. The van der Waals surface area contributed by atoms with Gasteiger partial charge in [0.15, 0.2) is 0 Å². The van der Waals surface area contributed by atoms with Gasteiger partial charge in [0.25, 0.3) is 0 Å². The van der Waals surface area contributed by atoms with Crippen molar-refractivity contribution in [2.24, 2.45) is 5.92 Å². The standard InChI is InChI=1S/C13H27NOS2/c1-4-5-6-9-16-17-10-7-8-13(15)14-11-12(2)3/h12H,4-11H2,1-3H3,(H,14,15)/i1T. The lowest BCUT2D eigenvalue weighted by Crippen LogP contribution is -2.27. The van der Waals surface area contributed by atoms with Crippen LogP contribution in [-0.4, -0.2) is 24.0 Å². The van der Waals surface area contributed by atoms with Crippen molar-refractivity contribution >= 4 is 27.5 Å². The minimum Gasteiger partial charge on any atom is -0.356 e. The van der Waals surface area contributed by atoms with Crippen molar-refractivity contribution in [2.75, 3.05) is 18.1 Å². The fraction of sp³-hybridized carbons (Fsp3) is 0.923. The molecule has 102 valence electrons. The molecule has 0 saturated carbocycles. The quantitative estimate of drug-likeness (QED) is 0.456. The van der Waals surface area contributed by atoms with E-state index in [4.69, 9.17) is 1.37 Å². The summed E-state index contributed by atoms with van der Waals surface area (Å²) in [5.41, 5.74) is 0. The first kappa shape index (κ1) is 15.2. The average molecular weight is 280 g/mol. The zero-order valence-corrected chi connectivity index (χ0v) is 12.8. The smallest absolute Gasteiger partial charge is 0.220 e. The van der Waals surface area contributed by atoms with E-state index in [9.17, 15) is 4.79 Å². The Balaban J connectivity index is 3.12. The minimum atomic E-state index is 0.185. The molecule has 1 amide bonds. The Hall–Kier alpha value is 0.170. The zero-order chi connectivity index (χ0) is 13.6. The zero-order valence-electron chi connectivity index (χ0n) is 12.2. The molecule has 0 spiro atoms. The summed E-state index contributed by atoms with van der Waals surface area (Å²) in [6, 6.07) is 0. The van der Waals surface area contributed by atoms with Crippen molar-refractivity contribution in [1.82, 2.24) is 5.32 Å². The highest BCUT2D eigenvalue weighted by Gasteiger charge is 2.01. The van der Waals surface area contributed by atoms with E-state index < -0.39 is 0 Å². The molecule has 4 heteroatoms. The second-order valence-electron chi connectivity index (χ2n) is 4.51. The Kier molecular flexibility index (Phi) is 11.3. The van der Waals surface area contributed by atoms with Crippen molar-refractivity contribution in [2.45, 2.75) is 52.9 Å². The SMILES string of the molecule is [3H]CCCCCSSCCCC(=O)NCC(C)C. The Morgan fingerprint density at radius 1 is 1.24 bits per heavy atom. The van der Waals surface area contributed by atoms with Crippen LogP contribution in [-0.2, 0) is 4.79 Å². The molecule has 0 aliphatic carbocycles. The second kappa shape index (κ2) is 12.6. The predicted octanol–water partition coefficient (Wildman–Crippen LogP) is 4.11. The maximum atomic E-state index is 11.4. The lowest BCUT2D eigenvalue weighted by molar-refractivity contribution is -0.121. The van der Waals surface area contributed by atoms with Crippen molar-refractivity contribution in [3.63, 3.8) is 0 Å². The monoisotopic (exact) mass is 279 g/mol. The van der Waals surface area contributed by atoms with Crippen LogP contribution in [0.3, 0.4) is 0 Å². The van der Waals surface area contributed by atoms with Crippen LogP contribution < -0.4 is 5.32 Å². The van der Waals surface area contributed by atoms with Gasteiger partial charge in [0, 0.05) is 25.8 Å². The number of nitrogens with one attached hydrogen (secondary N) is 1. The molecule has 0 aromatic heterocycles. The summed E-state index contributed by atoms with van der Waals surface area (Å²) < 4.78 is 7.02. The highest BCUT2D eigenvalue weighted by Crippen LogP contribution is 2.23. The Labute approximate surface area is 116 Å². The van der Waals surface area contributed by atoms with Gasteiger partial charge in [0.2, 0.25) is 5.91 Å². The average Bonchev–Trinajstić information content (AvgIpc) is 2.34. The van der Waals surface area contributed by atoms with Gasteiger partial charge in [-0.2, -0.15) is 0 Å². The first-order chi connectivity index (χ1) is 8.66. The van der Waals surface area contributed by atoms with Gasteiger partial charge in [0.1, 0.15) is 0 Å². The number of rotatable bonds is 11. The van der Waals surface area contributed by atoms with Gasteiger partial charge in [-0.3, -0.25) is 4.79 Å². The van der Waals surface area contributed by atoms with Crippen LogP contribution in [0.2, 0.25) is 0 Å². The molecule has 0 bridgehead atoms. The molecule has 1 N–H and O–H groups in total. The van der Waals surface area contributed by atoms with Crippen LogP contribution in [0.5, 0.6) is 0 Å². The molecule has 0 atom stereocenters. The first-order valence-corrected chi connectivity index (χ1v) is 8.96. The molecular weight excluding hydrogens is 250 g/mol. The molecule has 2 nitrogen and oxygen atoms in total. The second-order valence-corrected chi connectivity index (χ2v) is 7.21. The summed E-state index contributed by atoms with van der Waals surface area (Å²) in [7, 11) is 3.76. The molecule has 0 saturated heterocycles. The number of amides is 1. The van der Waals surface area contributed by atoms with E-state index >= 15 is 0 Å². The maximum Gasteiger partial charge on any atom is 0.220 e. The molecule has 0 heterocycles. The summed E-state index contributed by atoms with van der Waals surface area (Å²) in [5.74, 6) is 2.94. The largest absolute Gasteiger partial charge is 0.356 e. The normalized spacial score (nSPS) is 11.6. The summed E-state index contributed by atoms with van der Waals surface area (Å²) in [6.45, 7) is 5.56. The Bertz CT molecular complexity index is 203. The van der Waals surface area contributed by atoms with Crippen molar-refractivity contribution in [3.8, 4) is 0 Å². The molecule has 17 heavy (non-hydrogen) atoms. The van der Waals surface area contributed by atoms with Crippen LogP contribution in [0, 0.1) is 5.92 Å². The van der Waals surface area contributed by atoms with E-state index in [1.807, 2.05) is 21.6 Å². The van der Waals surface area contributed by atoms with Crippen LogP contribution in [0.1, 0.15) is 54.2 Å². The van der Waals surface area contributed by atoms with E-state index in [2.05, 4.69) is 19.2 Å². The molecule has 0 aromatic carbocycles. The molecule has 0 aliphatic heterocycles. The minimum absolute atomic E-state index is 0.185. The molecule has 0 rings (SSSR count). The molecular formula is C13H27NOS2. The Morgan fingerprint density at radius 2 is 1.94 bits per heavy atom. The lowest BCUT2D eigenvalue weighted by Gasteiger charge is -2.07. The van der Waals surface area contributed by atoms with E-state index in [1.54, 1.807) is 0 Å². The number of unbranched alkanes of at least 4 members (excludes halogenated alkanes) is 2. The van der Waals surface area contributed by atoms with E-state index in [0.29, 0.717) is 19.2 Å². The third-order valence-electron chi connectivity index (χ3n) is 2.15. The van der Waals surface area contributed by atoms with E-state index in [-0.39, 0.29) is 5.91 Å². The van der Waals surface area contributed by atoms with E-state index in [0.717, 1.165) is 25.1 Å². The third-order valence-corrected chi connectivity index (χ3v) is 4.73. The lowest BCUT2D eigenvalue weighted by atomic mass is 10.2. The summed E-state index contributed by atoms with van der Waals surface area (Å²) >= 11 is 0. The summed E-state index contributed by atoms with van der Waals surface area (Å²) in [4.78, 5) is 11.4. The summed E-state index contributed by atoms with van der Waals surface area (Å²) in [5, 5.41) is 2.93. The van der Waals surface area contributed by atoms with Gasteiger partial charge >= 0.3 is 0 Å². The van der Waals surface area contributed by atoms with E-state index in [1.165, 1.54) is 18.6 Å². The number of carbonyl (C=O) groups is 1. The van der Waals surface area contributed by atoms with Crippen molar-refractivity contribution < 1.29 is 6.17 Å². The fourth-order valence-corrected chi connectivity index (χ4v) is 3.39. The highest BCUT2D eigenvalue weighted by atomic mass is 33.1. The molecule has 0 unspecified atom stereocenters. The van der Waals surface area contributed by atoms with Crippen LogP contribution in [0.15, 0.2) is 0 Å². The Morgan fingerprint density at radius 3 is 2.59 bits per heavy atom. The van der Waals surface area contributed by atoms with Crippen molar-refractivity contribution in [3.05, 3.63) is 0 Å². The third kappa shape index (κ3) is 14.1. The van der Waals surface area contributed by atoms with Gasteiger partial charge in [-0.15, -0.1) is 0 Å². The van der Waals surface area contributed by atoms with Gasteiger partial charge in [-0.25, -0.2) is 0 Å².